The standard InChI is InChI=1S/Mn.2H2O4S/c;2*1-5(2,3)4/h;2*(H2,1,2,3,4). The van der Waals surface area contributed by atoms with Crippen molar-refractivity contribution in [1.29, 1.82) is 0 Å². The molecule has 0 aromatic carbocycles. The van der Waals surface area contributed by atoms with Crippen molar-refractivity contribution >= 4 is 20.8 Å². The molecule has 11 heteroatoms. The van der Waals surface area contributed by atoms with Gasteiger partial charge in [-0.3, -0.25) is 18.2 Å². The quantitative estimate of drug-likeness (QED) is 0.306. The van der Waals surface area contributed by atoms with Gasteiger partial charge < -0.3 is 0 Å². The minimum absolute atomic E-state index is 0. The molecule has 0 fully saturated rings. The average molecular weight is 251 g/mol. The Kier molecular flexibility index (Phi) is 9.24. The molecule has 0 aromatic rings. The van der Waals surface area contributed by atoms with Gasteiger partial charge in [-0.15, -0.1) is 0 Å². The van der Waals surface area contributed by atoms with E-state index >= 15 is 0 Å². The van der Waals surface area contributed by atoms with E-state index in [1.165, 1.54) is 0 Å². The maximum Gasteiger partial charge on any atom is 0.394 e. The molecule has 11 heavy (non-hydrogen) atoms. The SMILES string of the molecule is O=S(=O)(O)O.O=S(=O)(O)O.[Mn]. The van der Waals surface area contributed by atoms with Gasteiger partial charge in [-0.25, -0.2) is 0 Å². The second-order valence-electron chi connectivity index (χ2n) is 0.896. The molecule has 0 aliphatic heterocycles. The largest absolute Gasteiger partial charge is 0.394 e. The maximum absolute atomic E-state index is 8.74. The van der Waals surface area contributed by atoms with Crippen LogP contribution in [0.15, 0.2) is 0 Å². The van der Waals surface area contributed by atoms with Crippen LogP contribution in [0.4, 0.5) is 0 Å². The van der Waals surface area contributed by atoms with Crippen LogP contribution in [0, 0.1) is 0 Å². The number of hydrogen-bond acceptors (Lipinski definition) is 4. The fourth-order valence-corrected chi connectivity index (χ4v) is 0. The summed E-state index contributed by atoms with van der Waals surface area (Å²) >= 11 is 0. The predicted octanol–water partition coefficient (Wildman–Crippen LogP) is -1.31. The first kappa shape index (κ1) is 17.4. The zero-order chi connectivity index (χ0) is 9.00. The summed E-state index contributed by atoms with van der Waals surface area (Å²) in [5, 5.41) is 0. The molecular formula is H4MnO8S2. The van der Waals surface area contributed by atoms with E-state index in [0.29, 0.717) is 0 Å². The Morgan fingerprint density at radius 2 is 0.636 bits per heavy atom. The van der Waals surface area contributed by atoms with Gasteiger partial charge in [-0.2, -0.15) is 16.8 Å². The van der Waals surface area contributed by atoms with Crippen molar-refractivity contribution in [2.75, 3.05) is 0 Å². The first-order valence-electron chi connectivity index (χ1n) is 1.40. The summed E-state index contributed by atoms with van der Waals surface area (Å²) in [7, 11) is -9.33. The minimum Gasteiger partial charge on any atom is -0.264 e. The van der Waals surface area contributed by atoms with Gasteiger partial charge in [0.1, 0.15) is 0 Å². The minimum atomic E-state index is -4.67. The molecule has 0 amide bonds. The van der Waals surface area contributed by atoms with Crippen LogP contribution in [-0.4, -0.2) is 35.0 Å². The van der Waals surface area contributed by atoms with Gasteiger partial charge in [0.25, 0.3) is 0 Å². The fraction of sp³-hybridized carbons (Fsp3) is 0. The Bertz CT molecular complexity index is 208. The van der Waals surface area contributed by atoms with Crippen LogP contribution in [0.5, 0.6) is 0 Å². The molecular weight excluding hydrogens is 247 g/mol. The van der Waals surface area contributed by atoms with Crippen LogP contribution >= 0.6 is 0 Å². The molecule has 8 nitrogen and oxygen atoms in total. The Morgan fingerprint density at radius 1 is 0.636 bits per heavy atom. The van der Waals surface area contributed by atoms with Gasteiger partial charge in [-0.1, -0.05) is 0 Å². The molecule has 71 valence electrons. The van der Waals surface area contributed by atoms with Gasteiger partial charge in [0, 0.05) is 17.1 Å². The van der Waals surface area contributed by atoms with E-state index in [9.17, 15) is 0 Å². The van der Waals surface area contributed by atoms with E-state index in [0.717, 1.165) is 0 Å². The van der Waals surface area contributed by atoms with Crippen LogP contribution in [0.25, 0.3) is 0 Å². The first-order chi connectivity index (χ1) is 4.00. The molecule has 0 aliphatic rings. The maximum atomic E-state index is 8.74. The third-order valence-corrected chi connectivity index (χ3v) is 0. The van der Waals surface area contributed by atoms with Crippen molar-refractivity contribution in [3.63, 3.8) is 0 Å². The summed E-state index contributed by atoms with van der Waals surface area (Å²) in [6.07, 6.45) is 0. The van der Waals surface area contributed by atoms with Gasteiger partial charge in [0.2, 0.25) is 0 Å². The van der Waals surface area contributed by atoms with Crippen LogP contribution in [0.2, 0.25) is 0 Å². The van der Waals surface area contributed by atoms with Crippen molar-refractivity contribution in [3.8, 4) is 0 Å². The molecule has 0 bridgehead atoms. The van der Waals surface area contributed by atoms with E-state index in [4.69, 9.17) is 35.0 Å². The topological polar surface area (TPSA) is 149 Å². The monoisotopic (exact) mass is 251 g/mol. The second kappa shape index (κ2) is 5.85. The van der Waals surface area contributed by atoms with Gasteiger partial charge in [-0.05, 0) is 0 Å². The van der Waals surface area contributed by atoms with Crippen LogP contribution in [0.1, 0.15) is 0 Å². The predicted molar refractivity (Wildman–Crippen MR) is 28.4 cm³/mol. The fourth-order valence-electron chi connectivity index (χ4n) is 0. The smallest absolute Gasteiger partial charge is 0.264 e. The molecule has 0 atom stereocenters. The van der Waals surface area contributed by atoms with E-state index in [2.05, 4.69) is 0 Å². The number of hydrogen-bond donors (Lipinski definition) is 4. The van der Waals surface area contributed by atoms with E-state index in [-0.39, 0.29) is 17.1 Å². The zero-order valence-corrected chi connectivity index (χ0v) is 7.43. The van der Waals surface area contributed by atoms with E-state index in [1.54, 1.807) is 0 Å². The number of rotatable bonds is 0. The Labute approximate surface area is 73.2 Å². The van der Waals surface area contributed by atoms with Gasteiger partial charge in [0.15, 0.2) is 0 Å². The van der Waals surface area contributed by atoms with Gasteiger partial charge >= 0.3 is 20.8 Å². The molecule has 1 radical (unpaired) electrons. The first-order valence-corrected chi connectivity index (χ1v) is 4.19. The van der Waals surface area contributed by atoms with Crippen LogP contribution < -0.4 is 0 Å². The Morgan fingerprint density at radius 3 is 0.636 bits per heavy atom. The Balaban J connectivity index is -0.000000107. The third-order valence-electron chi connectivity index (χ3n) is 0. The van der Waals surface area contributed by atoms with Crippen molar-refractivity contribution in [3.05, 3.63) is 0 Å². The summed E-state index contributed by atoms with van der Waals surface area (Å²) in [6, 6.07) is 0. The second-order valence-corrected chi connectivity index (χ2v) is 2.69. The molecule has 0 saturated heterocycles. The zero-order valence-electron chi connectivity index (χ0n) is 4.62. The summed E-state index contributed by atoms with van der Waals surface area (Å²) in [5.41, 5.74) is 0. The van der Waals surface area contributed by atoms with Crippen molar-refractivity contribution in [2.24, 2.45) is 0 Å². The van der Waals surface area contributed by atoms with Crippen LogP contribution in [0.3, 0.4) is 0 Å². The molecule has 0 heterocycles. The molecule has 0 spiro atoms. The van der Waals surface area contributed by atoms with Crippen LogP contribution in [-0.2, 0) is 37.9 Å². The molecule has 0 aromatic heterocycles. The van der Waals surface area contributed by atoms with Crippen molar-refractivity contribution in [1.82, 2.24) is 0 Å². The summed E-state index contributed by atoms with van der Waals surface area (Å²) in [4.78, 5) is 0. The van der Waals surface area contributed by atoms with E-state index < -0.39 is 20.8 Å². The molecule has 0 unspecified atom stereocenters. The average Bonchev–Trinajstić information content (AvgIpc) is 1.12. The normalized spacial score (nSPS) is 10.5. The molecule has 4 N–H and O–H groups in total. The Hall–Kier alpha value is 0.259. The van der Waals surface area contributed by atoms with E-state index in [1.807, 2.05) is 0 Å². The third kappa shape index (κ3) is 10400. The molecule has 0 aliphatic carbocycles. The van der Waals surface area contributed by atoms with Crippen molar-refractivity contribution < 1.29 is 52.1 Å². The summed E-state index contributed by atoms with van der Waals surface area (Å²) < 4.78 is 63.2. The van der Waals surface area contributed by atoms with Gasteiger partial charge in [0.05, 0.1) is 0 Å². The molecule has 0 rings (SSSR count). The van der Waals surface area contributed by atoms with Crippen molar-refractivity contribution in [2.45, 2.75) is 0 Å². The summed E-state index contributed by atoms with van der Waals surface area (Å²) in [5.74, 6) is 0. The summed E-state index contributed by atoms with van der Waals surface area (Å²) in [6.45, 7) is 0. The molecule has 0 saturated carbocycles.